The minimum atomic E-state index is -0.975. The average Bonchev–Trinajstić information content (AvgIpc) is 2.51. The van der Waals surface area contributed by atoms with Gasteiger partial charge in [-0.05, 0) is 17.7 Å². The van der Waals surface area contributed by atoms with E-state index in [0.29, 0.717) is 16.3 Å². The molecule has 10 heteroatoms. The molecule has 0 aromatic heterocycles. The number of anilines is 1. The summed E-state index contributed by atoms with van der Waals surface area (Å²) in [6.07, 6.45) is -1.12. The topological polar surface area (TPSA) is 129 Å². The molecule has 120 valence electrons. The van der Waals surface area contributed by atoms with Gasteiger partial charge in [0.15, 0.2) is 6.61 Å². The Kier molecular flexibility index (Phi) is 3.79. The molecule has 2 heterocycles. The van der Waals surface area contributed by atoms with Crippen LogP contribution in [-0.2, 0) is 16.1 Å². The minimum absolute atomic E-state index is 0.0254. The third-order valence-corrected chi connectivity index (χ3v) is 3.33. The Morgan fingerprint density at radius 2 is 2.04 bits per heavy atom. The van der Waals surface area contributed by atoms with Gasteiger partial charge in [-0.3, -0.25) is 20.2 Å². The van der Waals surface area contributed by atoms with E-state index in [1.807, 2.05) is 5.32 Å². The first-order valence-corrected chi connectivity index (χ1v) is 6.87. The fourth-order valence-corrected chi connectivity index (χ4v) is 2.25. The standard InChI is InChI=1S/C13H13N5O5/c19-11-4-10(16-13(21)17-11)18(22)14-5-7-1-2-9-8(3-7)15-12(20)6-23-9/h1-3,10H,4-6H2,(H3-,14,15,16,17,19,20,21,22)/p+1/t10-/m0/s1. The lowest BCUT2D eigenvalue weighted by molar-refractivity contribution is -0.646. The number of nitrogens with one attached hydrogen (secondary N) is 4. The second kappa shape index (κ2) is 5.91. The molecule has 0 bridgehead atoms. The molecule has 10 nitrogen and oxygen atoms in total. The van der Waals surface area contributed by atoms with Crippen molar-refractivity contribution in [3.05, 3.63) is 28.7 Å². The second-order valence-electron chi connectivity index (χ2n) is 5.07. The van der Waals surface area contributed by atoms with Crippen molar-refractivity contribution in [2.75, 3.05) is 11.9 Å². The van der Waals surface area contributed by atoms with Gasteiger partial charge in [0.25, 0.3) is 5.91 Å². The first kappa shape index (κ1) is 14.8. The molecule has 1 atom stereocenters. The number of rotatable bonds is 4. The highest BCUT2D eigenvalue weighted by molar-refractivity contribution is 5.97. The molecule has 23 heavy (non-hydrogen) atoms. The fourth-order valence-electron chi connectivity index (χ4n) is 2.25. The number of benzene rings is 1. The number of hydrogen-bond donors (Lipinski definition) is 4. The number of hydrogen-bond acceptors (Lipinski definition) is 5. The van der Waals surface area contributed by atoms with Crippen molar-refractivity contribution in [3.63, 3.8) is 0 Å². The van der Waals surface area contributed by atoms with E-state index in [0.717, 1.165) is 5.56 Å². The predicted octanol–water partition coefficient (Wildman–Crippen LogP) is -0.643. The van der Waals surface area contributed by atoms with Crippen molar-refractivity contribution < 1.29 is 24.0 Å². The van der Waals surface area contributed by atoms with E-state index in [9.17, 15) is 19.3 Å². The van der Waals surface area contributed by atoms with E-state index in [-0.39, 0.29) is 25.5 Å². The van der Waals surface area contributed by atoms with E-state index < -0.39 is 18.1 Å². The van der Waals surface area contributed by atoms with Gasteiger partial charge in [0, 0.05) is 0 Å². The number of nitrogens with zero attached hydrogens (tertiary/aromatic N) is 1. The van der Waals surface area contributed by atoms with E-state index in [1.165, 1.54) is 0 Å². The third-order valence-electron chi connectivity index (χ3n) is 3.33. The van der Waals surface area contributed by atoms with Crippen molar-refractivity contribution in [2.24, 2.45) is 0 Å². The summed E-state index contributed by atoms with van der Waals surface area (Å²) in [5, 5.41) is 7.05. The van der Waals surface area contributed by atoms with Gasteiger partial charge in [-0.2, -0.15) is 0 Å². The second-order valence-corrected chi connectivity index (χ2v) is 5.07. The number of amides is 4. The van der Waals surface area contributed by atoms with Gasteiger partial charge in [0.05, 0.1) is 17.1 Å². The number of imide groups is 1. The maximum absolute atomic E-state index is 11.9. The highest BCUT2D eigenvalue weighted by atomic mass is 16.5. The number of hydrazine groups is 1. The van der Waals surface area contributed by atoms with Crippen LogP contribution in [0.4, 0.5) is 10.5 Å². The zero-order valence-corrected chi connectivity index (χ0v) is 11.9. The predicted molar refractivity (Wildman–Crippen MR) is 76.1 cm³/mol. The molecule has 1 fully saturated rings. The van der Waals surface area contributed by atoms with Gasteiger partial charge in [-0.15, -0.1) is 5.43 Å². The molecule has 3 rings (SSSR count). The number of ether oxygens (including phenoxy) is 1. The van der Waals surface area contributed by atoms with E-state index in [2.05, 4.69) is 16.1 Å². The molecule has 1 saturated heterocycles. The molecule has 4 N–H and O–H groups in total. The first-order chi connectivity index (χ1) is 11.0. The van der Waals surface area contributed by atoms with Gasteiger partial charge in [-0.25, -0.2) is 4.79 Å². The maximum atomic E-state index is 11.9. The highest BCUT2D eigenvalue weighted by Gasteiger charge is 2.35. The Bertz CT molecular complexity index is 688. The number of carbonyl (C=O) groups is 3. The van der Waals surface area contributed by atoms with Crippen LogP contribution < -0.4 is 26.1 Å². The van der Waals surface area contributed by atoms with Crippen molar-refractivity contribution >= 4 is 23.5 Å². The van der Waals surface area contributed by atoms with Crippen molar-refractivity contribution in [2.45, 2.75) is 19.1 Å². The van der Waals surface area contributed by atoms with E-state index >= 15 is 0 Å². The molecule has 0 saturated carbocycles. The molecule has 1 aromatic rings. The Hall–Kier alpha value is -3.17. The molecule has 2 aliphatic heterocycles. The summed E-state index contributed by atoms with van der Waals surface area (Å²) < 4.78 is 5.24. The van der Waals surface area contributed by atoms with Crippen LogP contribution in [0.5, 0.6) is 5.75 Å². The Labute approximate surface area is 130 Å². The quantitative estimate of drug-likeness (QED) is 0.431. The third kappa shape index (κ3) is 3.36. The smallest absolute Gasteiger partial charge is 0.326 e. The molecule has 0 radical (unpaired) electrons. The molecule has 0 spiro atoms. The Morgan fingerprint density at radius 3 is 2.83 bits per heavy atom. The van der Waals surface area contributed by atoms with Crippen LogP contribution >= 0.6 is 0 Å². The van der Waals surface area contributed by atoms with Gasteiger partial charge in [-0.1, -0.05) is 6.07 Å². The minimum Gasteiger partial charge on any atom is -0.482 e. The first-order valence-electron chi connectivity index (χ1n) is 6.87. The molecular formula is C13H14N5O5+. The summed E-state index contributed by atoms with van der Waals surface area (Å²) in [7, 11) is 0. The summed E-state index contributed by atoms with van der Waals surface area (Å²) in [6, 6.07) is 4.40. The molecule has 4 amide bonds. The maximum Gasteiger partial charge on any atom is 0.326 e. The lowest BCUT2D eigenvalue weighted by Gasteiger charge is -2.18. The normalized spacial score (nSPS) is 19.7. The highest BCUT2D eigenvalue weighted by Crippen LogP contribution is 2.28. The van der Waals surface area contributed by atoms with Crippen LogP contribution in [0, 0.1) is 4.91 Å². The van der Waals surface area contributed by atoms with Crippen LogP contribution in [0.2, 0.25) is 0 Å². The molecular weight excluding hydrogens is 306 g/mol. The number of carbonyl (C=O) groups excluding carboxylic acids is 3. The van der Waals surface area contributed by atoms with Gasteiger partial charge < -0.3 is 10.1 Å². The van der Waals surface area contributed by atoms with Gasteiger partial charge in [0.1, 0.15) is 17.0 Å². The van der Waals surface area contributed by atoms with Crippen LogP contribution in [0.25, 0.3) is 0 Å². The van der Waals surface area contributed by atoms with Crippen molar-refractivity contribution in [1.82, 2.24) is 16.1 Å². The zero-order chi connectivity index (χ0) is 16.4. The monoisotopic (exact) mass is 320 g/mol. The van der Waals surface area contributed by atoms with Gasteiger partial charge >= 0.3 is 12.2 Å². The number of fused-ring (bicyclic) bond motifs is 1. The van der Waals surface area contributed by atoms with Crippen LogP contribution in [0.3, 0.4) is 0 Å². The number of nitroso groups, excluding NO2 is 1. The molecule has 0 unspecified atom stereocenters. The summed E-state index contributed by atoms with van der Waals surface area (Å²) in [6.45, 7) is 0.128. The lowest BCUT2D eigenvalue weighted by atomic mass is 10.1. The van der Waals surface area contributed by atoms with E-state index in [4.69, 9.17) is 4.74 Å². The van der Waals surface area contributed by atoms with Crippen LogP contribution in [-0.4, -0.2) is 35.5 Å². The molecule has 0 aliphatic carbocycles. The van der Waals surface area contributed by atoms with Crippen molar-refractivity contribution in [3.8, 4) is 5.75 Å². The van der Waals surface area contributed by atoms with Crippen LogP contribution in [0.1, 0.15) is 12.0 Å². The summed E-state index contributed by atoms with van der Waals surface area (Å²) in [5.74, 6) is -0.206. The molecule has 1 aromatic carbocycles. The van der Waals surface area contributed by atoms with Crippen LogP contribution in [0.15, 0.2) is 18.2 Å². The van der Waals surface area contributed by atoms with Crippen molar-refractivity contribution in [1.29, 1.82) is 0 Å². The molecule has 2 aliphatic rings. The largest absolute Gasteiger partial charge is 0.482 e. The fraction of sp³-hybridized carbons (Fsp3) is 0.308. The Morgan fingerprint density at radius 1 is 1.22 bits per heavy atom. The summed E-state index contributed by atoms with van der Waals surface area (Å²) in [5.41, 5.74) is 3.81. The Balaban J connectivity index is 1.61. The number of urea groups is 1. The zero-order valence-electron chi connectivity index (χ0n) is 11.9. The summed E-state index contributed by atoms with van der Waals surface area (Å²) in [4.78, 5) is 46.0. The SMILES string of the molecule is O=C1C[C@H]([N+](=O)NCc2ccc3c(c2)NC(=O)CO3)NC(=O)N1. The van der Waals surface area contributed by atoms with E-state index in [1.54, 1.807) is 18.2 Å². The van der Waals surface area contributed by atoms with Gasteiger partial charge in [0.2, 0.25) is 5.91 Å². The average molecular weight is 320 g/mol. The summed E-state index contributed by atoms with van der Waals surface area (Å²) >= 11 is 0. The lowest BCUT2D eigenvalue weighted by Crippen LogP contribution is -2.58.